The lowest BCUT2D eigenvalue weighted by Crippen LogP contribution is -2.39. The first kappa shape index (κ1) is 8.24. The van der Waals surface area contributed by atoms with Crippen molar-refractivity contribution in [3.05, 3.63) is 0 Å². The molecule has 1 fully saturated rings. The highest BCUT2D eigenvalue weighted by molar-refractivity contribution is 5.83. The van der Waals surface area contributed by atoms with Crippen molar-refractivity contribution in [3.8, 4) is 0 Å². The van der Waals surface area contributed by atoms with Crippen LogP contribution in [0, 0.1) is 0 Å². The summed E-state index contributed by atoms with van der Waals surface area (Å²) in [6.07, 6.45) is 2.09. The molecule has 0 aromatic carbocycles. The SMILES string of the molecule is CC(C)N1C(=O)CCC1C=O. The van der Waals surface area contributed by atoms with E-state index in [1.807, 2.05) is 13.8 Å². The molecule has 0 bridgehead atoms. The lowest BCUT2D eigenvalue weighted by atomic mass is 10.2. The van der Waals surface area contributed by atoms with E-state index < -0.39 is 0 Å². The second-order valence-electron chi connectivity index (χ2n) is 3.14. The smallest absolute Gasteiger partial charge is 0.223 e. The fourth-order valence-electron chi connectivity index (χ4n) is 1.53. The van der Waals surface area contributed by atoms with Crippen LogP contribution in [0.15, 0.2) is 0 Å². The van der Waals surface area contributed by atoms with Crippen LogP contribution in [0.25, 0.3) is 0 Å². The Hall–Kier alpha value is -0.860. The zero-order chi connectivity index (χ0) is 8.43. The number of rotatable bonds is 2. The molecule has 0 N–H and O–H groups in total. The summed E-state index contributed by atoms with van der Waals surface area (Å²) in [5.41, 5.74) is 0. The van der Waals surface area contributed by atoms with Gasteiger partial charge in [-0.1, -0.05) is 0 Å². The summed E-state index contributed by atoms with van der Waals surface area (Å²) in [6.45, 7) is 3.86. The molecular formula is C8H13NO2. The van der Waals surface area contributed by atoms with Crippen LogP contribution in [0.3, 0.4) is 0 Å². The molecule has 1 heterocycles. The maximum atomic E-state index is 11.2. The molecule has 11 heavy (non-hydrogen) atoms. The van der Waals surface area contributed by atoms with Gasteiger partial charge in [-0.2, -0.15) is 0 Å². The van der Waals surface area contributed by atoms with E-state index in [1.165, 1.54) is 0 Å². The number of carbonyl (C=O) groups is 2. The molecule has 1 aliphatic rings. The summed E-state index contributed by atoms with van der Waals surface area (Å²) < 4.78 is 0. The summed E-state index contributed by atoms with van der Waals surface area (Å²) in [5.74, 6) is 0.108. The van der Waals surface area contributed by atoms with E-state index in [0.29, 0.717) is 12.8 Å². The van der Waals surface area contributed by atoms with Gasteiger partial charge in [0.05, 0.1) is 6.04 Å². The first-order chi connectivity index (χ1) is 5.16. The van der Waals surface area contributed by atoms with Gasteiger partial charge in [0, 0.05) is 12.5 Å². The van der Waals surface area contributed by atoms with Gasteiger partial charge in [-0.3, -0.25) is 4.79 Å². The lowest BCUT2D eigenvalue weighted by molar-refractivity contribution is -0.132. The Morgan fingerprint density at radius 2 is 2.27 bits per heavy atom. The number of amides is 1. The van der Waals surface area contributed by atoms with Gasteiger partial charge in [0.25, 0.3) is 0 Å². The minimum absolute atomic E-state index is 0.108. The average Bonchev–Trinajstić information content (AvgIpc) is 2.30. The highest BCUT2D eigenvalue weighted by Gasteiger charge is 2.31. The topological polar surface area (TPSA) is 37.4 Å². The molecule has 1 saturated heterocycles. The predicted octanol–water partition coefficient (Wildman–Crippen LogP) is 0.585. The molecule has 3 heteroatoms. The molecule has 1 amide bonds. The number of carbonyl (C=O) groups excluding carboxylic acids is 2. The first-order valence-corrected chi connectivity index (χ1v) is 3.93. The van der Waals surface area contributed by atoms with E-state index >= 15 is 0 Å². The minimum atomic E-state index is -0.164. The highest BCUT2D eigenvalue weighted by Crippen LogP contribution is 2.19. The zero-order valence-electron chi connectivity index (χ0n) is 6.91. The summed E-state index contributed by atoms with van der Waals surface area (Å²) in [5, 5.41) is 0. The second-order valence-corrected chi connectivity index (χ2v) is 3.14. The molecule has 0 radical (unpaired) electrons. The number of nitrogens with zero attached hydrogens (tertiary/aromatic N) is 1. The second kappa shape index (κ2) is 3.03. The van der Waals surface area contributed by atoms with Gasteiger partial charge in [0.15, 0.2) is 0 Å². The van der Waals surface area contributed by atoms with Crippen LogP contribution in [-0.4, -0.2) is 29.2 Å². The van der Waals surface area contributed by atoms with Gasteiger partial charge in [0.1, 0.15) is 6.29 Å². The van der Waals surface area contributed by atoms with E-state index in [1.54, 1.807) is 4.90 Å². The Kier molecular flexibility index (Phi) is 2.27. The molecule has 1 rings (SSSR count). The number of hydrogen-bond donors (Lipinski definition) is 0. The van der Waals surface area contributed by atoms with E-state index in [9.17, 15) is 9.59 Å². The highest BCUT2D eigenvalue weighted by atomic mass is 16.2. The minimum Gasteiger partial charge on any atom is -0.331 e. The van der Waals surface area contributed by atoms with Gasteiger partial charge in [-0.25, -0.2) is 0 Å². The molecule has 62 valence electrons. The van der Waals surface area contributed by atoms with Crippen LogP contribution < -0.4 is 0 Å². The maximum absolute atomic E-state index is 11.2. The van der Waals surface area contributed by atoms with Gasteiger partial charge >= 0.3 is 0 Å². The van der Waals surface area contributed by atoms with E-state index in [2.05, 4.69) is 0 Å². The summed E-state index contributed by atoms with van der Waals surface area (Å²) in [7, 11) is 0. The Balaban J connectivity index is 2.71. The largest absolute Gasteiger partial charge is 0.331 e. The normalized spacial score (nSPS) is 24.8. The van der Waals surface area contributed by atoms with Crippen LogP contribution in [0.1, 0.15) is 26.7 Å². The van der Waals surface area contributed by atoms with Crippen molar-refractivity contribution in [1.82, 2.24) is 4.90 Å². The molecular weight excluding hydrogens is 142 g/mol. The summed E-state index contributed by atoms with van der Waals surface area (Å²) in [4.78, 5) is 23.3. The molecule has 0 saturated carbocycles. The van der Waals surface area contributed by atoms with Crippen LogP contribution in [0.4, 0.5) is 0 Å². The van der Waals surface area contributed by atoms with E-state index in [4.69, 9.17) is 0 Å². The van der Waals surface area contributed by atoms with E-state index in [0.717, 1.165) is 6.29 Å². The van der Waals surface area contributed by atoms with Crippen LogP contribution in [0.2, 0.25) is 0 Å². The molecule has 3 nitrogen and oxygen atoms in total. The Morgan fingerprint density at radius 3 is 2.64 bits per heavy atom. The molecule has 1 unspecified atom stereocenters. The van der Waals surface area contributed by atoms with Crippen molar-refractivity contribution >= 4 is 12.2 Å². The maximum Gasteiger partial charge on any atom is 0.223 e. The van der Waals surface area contributed by atoms with Crippen LogP contribution in [0.5, 0.6) is 0 Å². The average molecular weight is 155 g/mol. The zero-order valence-corrected chi connectivity index (χ0v) is 6.91. The quantitative estimate of drug-likeness (QED) is 0.547. The van der Waals surface area contributed by atoms with E-state index in [-0.39, 0.29) is 18.0 Å². The standard InChI is InChI=1S/C8H13NO2/c1-6(2)9-7(5-10)3-4-8(9)11/h5-7H,3-4H2,1-2H3. The van der Waals surface area contributed by atoms with Crippen molar-refractivity contribution in [2.45, 2.75) is 38.8 Å². The number of aldehydes is 1. The fourth-order valence-corrected chi connectivity index (χ4v) is 1.53. The van der Waals surface area contributed by atoms with Crippen LogP contribution >= 0.6 is 0 Å². The monoisotopic (exact) mass is 155 g/mol. The first-order valence-electron chi connectivity index (χ1n) is 3.93. The Bertz CT molecular complexity index is 177. The van der Waals surface area contributed by atoms with Crippen molar-refractivity contribution in [1.29, 1.82) is 0 Å². The molecule has 1 aliphatic heterocycles. The Morgan fingerprint density at radius 1 is 1.64 bits per heavy atom. The molecule has 0 aromatic rings. The summed E-state index contributed by atoms with van der Waals surface area (Å²) in [6, 6.07) is -0.0114. The lowest BCUT2D eigenvalue weighted by Gasteiger charge is -2.24. The van der Waals surface area contributed by atoms with Crippen molar-refractivity contribution in [2.24, 2.45) is 0 Å². The molecule has 1 atom stereocenters. The van der Waals surface area contributed by atoms with Crippen molar-refractivity contribution in [3.63, 3.8) is 0 Å². The van der Waals surface area contributed by atoms with Gasteiger partial charge in [-0.15, -0.1) is 0 Å². The van der Waals surface area contributed by atoms with Gasteiger partial charge < -0.3 is 9.69 Å². The Labute approximate surface area is 66.4 Å². The molecule has 0 aromatic heterocycles. The van der Waals surface area contributed by atoms with Crippen molar-refractivity contribution in [2.75, 3.05) is 0 Å². The molecule has 0 aliphatic carbocycles. The third kappa shape index (κ3) is 1.42. The summed E-state index contributed by atoms with van der Waals surface area (Å²) >= 11 is 0. The molecule has 0 spiro atoms. The number of likely N-dealkylation sites (tertiary alicyclic amines) is 1. The van der Waals surface area contributed by atoms with Gasteiger partial charge in [-0.05, 0) is 20.3 Å². The van der Waals surface area contributed by atoms with Crippen molar-refractivity contribution < 1.29 is 9.59 Å². The third-order valence-electron chi connectivity index (χ3n) is 2.01. The fraction of sp³-hybridized carbons (Fsp3) is 0.750. The third-order valence-corrected chi connectivity index (χ3v) is 2.01. The van der Waals surface area contributed by atoms with Crippen LogP contribution in [-0.2, 0) is 9.59 Å². The van der Waals surface area contributed by atoms with Gasteiger partial charge in [0.2, 0.25) is 5.91 Å². The predicted molar refractivity (Wildman–Crippen MR) is 41.1 cm³/mol. The number of hydrogen-bond acceptors (Lipinski definition) is 2.